The van der Waals surface area contributed by atoms with Crippen LogP contribution in [0.1, 0.15) is 11.3 Å². The van der Waals surface area contributed by atoms with Crippen LogP contribution in [0, 0.1) is 11.8 Å². The molecular weight excluding hydrogens is 323 g/mol. The standard InChI is InChI=1S/C16H12F3N3O2/c17-16(18,19)15(23)20-10-4-7-13-8-9-14(22-21-13)24-11-12-5-2-1-3-6-12/h1-3,5-6,8-9H,10-11H2,(H,20,23). The van der Waals surface area contributed by atoms with Crippen molar-refractivity contribution in [2.24, 2.45) is 0 Å². The number of nitrogens with one attached hydrogen (secondary N) is 1. The molecule has 0 aliphatic rings. The Morgan fingerprint density at radius 3 is 2.50 bits per heavy atom. The summed E-state index contributed by atoms with van der Waals surface area (Å²) < 4.78 is 41.3. The van der Waals surface area contributed by atoms with Gasteiger partial charge >= 0.3 is 12.1 Å². The molecule has 0 radical (unpaired) electrons. The summed E-state index contributed by atoms with van der Waals surface area (Å²) in [6.07, 6.45) is -4.92. The fourth-order valence-corrected chi connectivity index (χ4v) is 1.55. The number of rotatable bonds is 4. The predicted molar refractivity (Wildman–Crippen MR) is 78.7 cm³/mol. The molecule has 1 heterocycles. The SMILES string of the molecule is O=C(NCC#Cc1ccc(OCc2ccccc2)nn1)C(F)(F)F. The van der Waals surface area contributed by atoms with E-state index in [0.717, 1.165) is 5.56 Å². The number of hydrogen-bond acceptors (Lipinski definition) is 4. The Morgan fingerprint density at radius 2 is 1.88 bits per heavy atom. The Balaban J connectivity index is 1.82. The van der Waals surface area contributed by atoms with Crippen LogP contribution in [0.5, 0.6) is 5.88 Å². The van der Waals surface area contributed by atoms with Gasteiger partial charge in [-0.1, -0.05) is 36.3 Å². The summed E-state index contributed by atoms with van der Waals surface area (Å²) >= 11 is 0. The molecule has 124 valence electrons. The number of carbonyl (C=O) groups is 1. The summed E-state index contributed by atoms with van der Waals surface area (Å²) in [6.45, 7) is -0.101. The molecule has 1 aromatic heterocycles. The second-order valence-electron chi connectivity index (χ2n) is 4.51. The second-order valence-corrected chi connectivity index (χ2v) is 4.51. The Hall–Kier alpha value is -3.08. The maximum atomic E-state index is 11.9. The zero-order chi connectivity index (χ0) is 17.4. The molecule has 0 aliphatic heterocycles. The number of amides is 1. The van der Waals surface area contributed by atoms with Crippen LogP contribution in [0.2, 0.25) is 0 Å². The van der Waals surface area contributed by atoms with Crippen LogP contribution in [-0.4, -0.2) is 28.8 Å². The zero-order valence-corrected chi connectivity index (χ0v) is 12.3. The van der Waals surface area contributed by atoms with Crippen LogP contribution in [0.3, 0.4) is 0 Å². The zero-order valence-electron chi connectivity index (χ0n) is 12.3. The predicted octanol–water partition coefficient (Wildman–Crippen LogP) is 2.09. The monoisotopic (exact) mass is 335 g/mol. The van der Waals surface area contributed by atoms with Gasteiger partial charge in [0, 0.05) is 6.07 Å². The fraction of sp³-hybridized carbons (Fsp3) is 0.188. The van der Waals surface area contributed by atoms with Gasteiger partial charge in [-0.2, -0.15) is 13.2 Å². The molecule has 24 heavy (non-hydrogen) atoms. The highest BCUT2D eigenvalue weighted by atomic mass is 19.4. The van der Waals surface area contributed by atoms with Gasteiger partial charge in [-0.3, -0.25) is 4.79 Å². The highest BCUT2D eigenvalue weighted by Gasteiger charge is 2.38. The molecule has 1 aromatic carbocycles. The lowest BCUT2D eigenvalue weighted by Gasteiger charge is -2.04. The summed E-state index contributed by atoms with van der Waals surface area (Å²) in [5, 5.41) is 9.21. The van der Waals surface area contributed by atoms with E-state index in [1.807, 2.05) is 30.3 Å². The Bertz CT molecular complexity index is 735. The van der Waals surface area contributed by atoms with E-state index in [4.69, 9.17) is 4.74 Å². The molecule has 2 aromatic rings. The first-order chi connectivity index (χ1) is 11.4. The van der Waals surface area contributed by atoms with E-state index in [9.17, 15) is 18.0 Å². The first kappa shape index (κ1) is 17.3. The smallest absolute Gasteiger partial charge is 0.471 e. The van der Waals surface area contributed by atoms with Crippen molar-refractivity contribution in [2.75, 3.05) is 6.54 Å². The van der Waals surface area contributed by atoms with Crippen LogP contribution < -0.4 is 10.1 Å². The van der Waals surface area contributed by atoms with E-state index >= 15 is 0 Å². The molecule has 0 bridgehead atoms. The summed E-state index contributed by atoms with van der Waals surface area (Å²) in [5.74, 6) is 3.11. The Morgan fingerprint density at radius 1 is 1.12 bits per heavy atom. The van der Waals surface area contributed by atoms with Crippen LogP contribution in [0.4, 0.5) is 13.2 Å². The Kier molecular flexibility index (Phi) is 5.73. The quantitative estimate of drug-likeness (QED) is 0.869. The maximum Gasteiger partial charge on any atom is 0.471 e. The molecule has 0 saturated carbocycles. The first-order valence-corrected chi connectivity index (χ1v) is 6.79. The number of halogens is 3. The van der Waals surface area contributed by atoms with Gasteiger partial charge in [0.1, 0.15) is 12.3 Å². The van der Waals surface area contributed by atoms with Crippen molar-refractivity contribution in [1.29, 1.82) is 0 Å². The number of nitrogens with zero attached hydrogens (tertiary/aromatic N) is 2. The molecule has 1 amide bonds. The van der Waals surface area contributed by atoms with Gasteiger partial charge in [-0.25, -0.2) is 0 Å². The van der Waals surface area contributed by atoms with Crippen molar-refractivity contribution in [3.05, 3.63) is 53.7 Å². The lowest BCUT2D eigenvalue weighted by molar-refractivity contribution is -0.173. The minimum Gasteiger partial charge on any atom is -0.472 e. The van der Waals surface area contributed by atoms with Crippen molar-refractivity contribution in [1.82, 2.24) is 15.5 Å². The average Bonchev–Trinajstić information content (AvgIpc) is 2.58. The van der Waals surface area contributed by atoms with Gasteiger partial charge in [0.05, 0.1) is 6.54 Å². The average molecular weight is 335 g/mol. The highest BCUT2D eigenvalue weighted by molar-refractivity contribution is 5.81. The number of hydrogen-bond donors (Lipinski definition) is 1. The number of carbonyl (C=O) groups excluding carboxylic acids is 1. The van der Waals surface area contributed by atoms with Crippen molar-refractivity contribution in [2.45, 2.75) is 12.8 Å². The van der Waals surface area contributed by atoms with E-state index in [0.29, 0.717) is 12.5 Å². The van der Waals surface area contributed by atoms with Crippen molar-refractivity contribution < 1.29 is 22.7 Å². The van der Waals surface area contributed by atoms with E-state index in [1.54, 1.807) is 11.4 Å². The molecule has 0 atom stereocenters. The molecule has 5 nitrogen and oxygen atoms in total. The van der Waals surface area contributed by atoms with Crippen LogP contribution in [0.25, 0.3) is 0 Å². The second kappa shape index (κ2) is 7.97. The van der Waals surface area contributed by atoms with E-state index in [-0.39, 0.29) is 5.69 Å². The van der Waals surface area contributed by atoms with Gasteiger partial charge in [0.15, 0.2) is 0 Å². The van der Waals surface area contributed by atoms with Gasteiger partial charge in [0.2, 0.25) is 5.88 Å². The van der Waals surface area contributed by atoms with Crippen molar-refractivity contribution in [3.8, 4) is 17.7 Å². The molecule has 8 heteroatoms. The van der Waals surface area contributed by atoms with Crippen LogP contribution in [-0.2, 0) is 11.4 Å². The highest BCUT2D eigenvalue weighted by Crippen LogP contribution is 2.13. The van der Waals surface area contributed by atoms with Crippen molar-refractivity contribution >= 4 is 5.91 Å². The molecule has 0 fully saturated rings. The van der Waals surface area contributed by atoms with Gasteiger partial charge in [-0.05, 0) is 17.6 Å². The van der Waals surface area contributed by atoms with Crippen LogP contribution >= 0.6 is 0 Å². The number of alkyl halides is 3. The minimum atomic E-state index is -4.92. The number of benzene rings is 1. The van der Waals surface area contributed by atoms with E-state index in [1.165, 1.54) is 6.07 Å². The van der Waals surface area contributed by atoms with Crippen LogP contribution in [0.15, 0.2) is 42.5 Å². The molecule has 0 aliphatic carbocycles. The van der Waals surface area contributed by atoms with Gasteiger partial charge < -0.3 is 10.1 Å². The molecular formula is C16H12F3N3O2. The van der Waals surface area contributed by atoms with Crippen molar-refractivity contribution in [3.63, 3.8) is 0 Å². The van der Waals surface area contributed by atoms with E-state index < -0.39 is 18.6 Å². The maximum absolute atomic E-state index is 11.9. The third-order valence-electron chi connectivity index (χ3n) is 2.68. The largest absolute Gasteiger partial charge is 0.472 e. The topological polar surface area (TPSA) is 64.1 Å². The summed E-state index contributed by atoms with van der Waals surface area (Å²) in [4.78, 5) is 10.6. The minimum absolute atomic E-state index is 0.253. The summed E-state index contributed by atoms with van der Waals surface area (Å²) in [5.41, 5.74) is 1.23. The normalized spacial score (nSPS) is 10.5. The summed E-state index contributed by atoms with van der Waals surface area (Å²) in [7, 11) is 0. The first-order valence-electron chi connectivity index (χ1n) is 6.79. The number of ether oxygens (including phenoxy) is 1. The molecule has 1 N–H and O–H groups in total. The molecule has 0 spiro atoms. The third-order valence-corrected chi connectivity index (χ3v) is 2.68. The van der Waals surface area contributed by atoms with Gasteiger partial charge in [-0.15, -0.1) is 10.2 Å². The number of aromatic nitrogens is 2. The third kappa shape index (κ3) is 5.61. The summed E-state index contributed by atoms with van der Waals surface area (Å²) in [6, 6.07) is 12.6. The molecule has 2 rings (SSSR count). The molecule has 0 unspecified atom stereocenters. The molecule has 0 saturated heterocycles. The Labute approximate surface area is 135 Å². The van der Waals surface area contributed by atoms with Gasteiger partial charge in [0.25, 0.3) is 0 Å². The lowest BCUT2D eigenvalue weighted by atomic mass is 10.2. The van der Waals surface area contributed by atoms with E-state index in [2.05, 4.69) is 22.0 Å². The lowest BCUT2D eigenvalue weighted by Crippen LogP contribution is -2.36. The fourth-order valence-electron chi connectivity index (χ4n) is 1.55.